The fourth-order valence-corrected chi connectivity index (χ4v) is 7.40. The maximum absolute atomic E-state index is 13.3. The van der Waals surface area contributed by atoms with Gasteiger partial charge in [0.15, 0.2) is 15.0 Å². The minimum atomic E-state index is -3.48. The summed E-state index contributed by atoms with van der Waals surface area (Å²) in [5.41, 5.74) is 3.44. The second kappa shape index (κ2) is 9.93. The van der Waals surface area contributed by atoms with Crippen LogP contribution < -0.4 is 9.64 Å². The molecule has 1 aliphatic heterocycles. The fraction of sp³-hybridized carbons (Fsp3) is 0.375. The van der Waals surface area contributed by atoms with Crippen molar-refractivity contribution in [1.29, 1.82) is 0 Å². The van der Waals surface area contributed by atoms with Crippen molar-refractivity contribution >= 4 is 42.2 Å². The molecule has 8 heteroatoms. The lowest BCUT2D eigenvalue weighted by atomic mass is 10.1. The SMILES string of the molecule is CCCc1ccc(-c2csc(N3CCC(S(=O)(=O)c4cc(Br)ccc4OC)CC3)n2)cc1. The molecular weight excluding hydrogens is 508 g/mol. The van der Waals surface area contributed by atoms with Crippen molar-refractivity contribution in [3.63, 3.8) is 0 Å². The van der Waals surface area contributed by atoms with E-state index in [4.69, 9.17) is 9.72 Å². The van der Waals surface area contributed by atoms with Crippen LogP contribution in [0.5, 0.6) is 5.75 Å². The summed E-state index contributed by atoms with van der Waals surface area (Å²) in [6, 6.07) is 13.7. The molecule has 170 valence electrons. The third-order valence-electron chi connectivity index (χ3n) is 5.86. The highest BCUT2D eigenvalue weighted by Gasteiger charge is 2.34. The highest BCUT2D eigenvalue weighted by atomic mass is 79.9. The van der Waals surface area contributed by atoms with Gasteiger partial charge >= 0.3 is 0 Å². The van der Waals surface area contributed by atoms with E-state index in [1.54, 1.807) is 29.5 Å². The summed E-state index contributed by atoms with van der Waals surface area (Å²) >= 11 is 5.00. The Morgan fingerprint density at radius 2 is 1.88 bits per heavy atom. The molecule has 0 aliphatic carbocycles. The molecule has 5 nitrogen and oxygen atoms in total. The minimum absolute atomic E-state index is 0.260. The topological polar surface area (TPSA) is 59.5 Å². The van der Waals surface area contributed by atoms with Crippen LogP contribution in [0.25, 0.3) is 11.3 Å². The van der Waals surface area contributed by atoms with Crippen LogP contribution in [0.2, 0.25) is 0 Å². The second-order valence-electron chi connectivity index (χ2n) is 7.99. The van der Waals surface area contributed by atoms with Crippen molar-refractivity contribution in [1.82, 2.24) is 4.98 Å². The van der Waals surface area contributed by atoms with Crippen molar-refractivity contribution in [2.24, 2.45) is 0 Å². The maximum Gasteiger partial charge on any atom is 0.185 e. The first-order valence-electron chi connectivity index (χ1n) is 10.8. The Bertz CT molecular complexity index is 1170. The van der Waals surface area contributed by atoms with Crippen LogP contribution in [0.4, 0.5) is 5.13 Å². The van der Waals surface area contributed by atoms with Crippen LogP contribution in [0.3, 0.4) is 0 Å². The normalized spacial score (nSPS) is 15.2. The van der Waals surface area contributed by atoms with E-state index in [0.717, 1.165) is 33.7 Å². The summed E-state index contributed by atoms with van der Waals surface area (Å²) in [7, 11) is -1.98. The first-order chi connectivity index (χ1) is 15.4. The van der Waals surface area contributed by atoms with E-state index in [-0.39, 0.29) is 4.90 Å². The number of halogens is 1. The number of aromatic nitrogens is 1. The van der Waals surface area contributed by atoms with E-state index in [1.807, 2.05) is 0 Å². The van der Waals surface area contributed by atoms with E-state index in [0.29, 0.717) is 31.7 Å². The Morgan fingerprint density at radius 3 is 2.53 bits per heavy atom. The van der Waals surface area contributed by atoms with Crippen LogP contribution in [0.15, 0.2) is 57.2 Å². The predicted octanol–water partition coefficient (Wildman–Crippen LogP) is 5.98. The van der Waals surface area contributed by atoms with Crippen LogP contribution in [-0.4, -0.2) is 38.9 Å². The molecule has 0 saturated carbocycles. The van der Waals surface area contributed by atoms with E-state index in [1.165, 1.54) is 12.7 Å². The monoisotopic (exact) mass is 534 g/mol. The third-order valence-corrected chi connectivity index (χ3v) is 9.54. The molecule has 0 bridgehead atoms. The average molecular weight is 536 g/mol. The molecule has 1 saturated heterocycles. The Hall–Kier alpha value is -1.90. The molecule has 1 aliphatic rings. The molecule has 1 fully saturated rings. The molecule has 32 heavy (non-hydrogen) atoms. The van der Waals surface area contributed by atoms with Crippen molar-refractivity contribution in [2.45, 2.75) is 42.8 Å². The number of thiazole rings is 1. The molecule has 4 rings (SSSR count). The van der Waals surface area contributed by atoms with Gasteiger partial charge in [-0.1, -0.05) is 53.5 Å². The maximum atomic E-state index is 13.3. The largest absolute Gasteiger partial charge is 0.495 e. The third kappa shape index (κ3) is 4.87. The Morgan fingerprint density at radius 1 is 1.16 bits per heavy atom. The lowest BCUT2D eigenvalue weighted by molar-refractivity contribution is 0.401. The van der Waals surface area contributed by atoms with Crippen molar-refractivity contribution in [3.05, 3.63) is 57.9 Å². The van der Waals surface area contributed by atoms with E-state index >= 15 is 0 Å². The lowest BCUT2D eigenvalue weighted by Crippen LogP contribution is -2.39. The van der Waals surface area contributed by atoms with Crippen molar-refractivity contribution < 1.29 is 13.2 Å². The summed E-state index contributed by atoms with van der Waals surface area (Å²) in [5, 5.41) is 2.61. The number of hydrogen-bond acceptors (Lipinski definition) is 6. The van der Waals surface area contributed by atoms with E-state index in [2.05, 4.69) is 57.4 Å². The number of rotatable bonds is 7. The van der Waals surface area contributed by atoms with Crippen LogP contribution in [0, 0.1) is 0 Å². The van der Waals surface area contributed by atoms with Gasteiger partial charge in [-0.15, -0.1) is 11.3 Å². The molecule has 0 unspecified atom stereocenters. The van der Waals surface area contributed by atoms with Gasteiger partial charge in [0.2, 0.25) is 0 Å². The fourth-order valence-electron chi connectivity index (χ4n) is 4.08. The van der Waals surface area contributed by atoms with Gasteiger partial charge < -0.3 is 9.64 Å². The zero-order valence-corrected chi connectivity index (χ0v) is 21.5. The summed E-state index contributed by atoms with van der Waals surface area (Å²) in [6.45, 7) is 3.52. The van der Waals surface area contributed by atoms with Crippen LogP contribution >= 0.6 is 27.3 Å². The van der Waals surface area contributed by atoms with Crippen molar-refractivity contribution in [2.75, 3.05) is 25.1 Å². The number of piperidine rings is 1. The second-order valence-corrected chi connectivity index (χ2v) is 11.9. The smallest absolute Gasteiger partial charge is 0.185 e. The standard InChI is InChI=1S/C24H27BrN2O3S2/c1-3-4-17-5-7-18(8-6-17)21-16-31-24(26-21)27-13-11-20(12-14-27)32(28,29)23-15-19(25)9-10-22(23)30-2/h5-10,15-16,20H,3-4,11-14H2,1-2H3. The predicted molar refractivity (Wildman–Crippen MR) is 135 cm³/mol. The molecular formula is C24H27BrN2O3S2. The molecule has 0 N–H and O–H groups in total. The van der Waals surface area contributed by atoms with Crippen LogP contribution in [-0.2, 0) is 16.3 Å². The van der Waals surface area contributed by atoms with Gasteiger partial charge in [-0.25, -0.2) is 13.4 Å². The summed E-state index contributed by atoms with van der Waals surface area (Å²) in [4.78, 5) is 7.29. The average Bonchev–Trinajstić information content (AvgIpc) is 3.30. The van der Waals surface area contributed by atoms with Crippen LogP contribution in [0.1, 0.15) is 31.7 Å². The number of anilines is 1. The number of methoxy groups -OCH3 is 1. The van der Waals surface area contributed by atoms with Gasteiger partial charge in [-0.2, -0.15) is 0 Å². The van der Waals surface area contributed by atoms with Gasteiger partial charge in [0.1, 0.15) is 10.6 Å². The van der Waals surface area contributed by atoms with E-state index in [9.17, 15) is 8.42 Å². The van der Waals surface area contributed by atoms with Gasteiger partial charge in [0.05, 0.1) is 18.1 Å². The van der Waals surface area contributed by atoms with Gasteiger partial charge in [-0.3, -0.25) is 0 Å². The number of benzene rings is 2. The van der Waals surface area contributed by atoms with Crippen molar-refractivity contribution in [3.8, 4) is 17.0 Å². The molecule has 0 radical (unpaired) electrons. The quantitative estimate of drug-likeness (QED) is 0.373. The first kappa shape index (κ1) is 23.3. The zero-order valence-electron chi connectivity index (χ0n) is 18.3. The highest BCUT2D eigenvalue weighted by Crippen LogP contribution is 2.35. The van der Waals surface area contributed by atoms with Gasteiger partial charge in [0.25, 0.3) is 0 Å². The molecule has 2 heterocycles. The molecule has 1 aromatic heterocycles. The Balaban J connectivity index is 1.45. The molecule has 3 aromatic rings. The summed E-state index contributed by atoms with van der Waals surface area (Å²) in [5.74, 6) is 0.394. The molecule has 0 atom stereocenters. The van der Waals surface area contributed by atoms with E-state index < -0.39 is 15.1 Å². The first-order valence-corrected chi connectivity index (χ1v) is 14.0. The molecule has 0 amide bonds. The molecule has 2 aromatic carbocycles. The number of hydrogen-bond donors (Lipinski definition) is 0. The Labute approximate surface area is 202 Å². The summed E-state index contributed by atoms with van der Waals surface area (Å²) < 4.78 is 32.6. The highest BCUT2D eigenvalue weighted by molar-refractivity contribution is 9.10. The Kier molecular flexibility index (Phi) is 7.22. The molecule has 0 spiro atoms. The number of aryl methyl sites for hydroxylation is 1. The number of sulfone groups is 1. The zero-order chi connectivity index (χ0) is 22.7. The summed E-state index contributed by atoms with van der Waals surface area (Å²) in [6.07, 6.45) is 3.36. The van der Waals surface area contributed by atoms with Gasteiger partial charge in [-0.05, 0) is 43.0 Å². The number of nitrogens with zero attached hydrogens (tertiary/aromatic N) is 2. The lowest BCUT2D eigenvalue weighted by Gasteiger charge is -2.31. The minimum Gasteiger partial charge on any atom is -0.495 e. The number of ether oxygens (including phenoxy) is 1. The van der Waals surface area contributed by atoms with Gasteiger partial charge in [0, 0.05) is 28.5 Å².